The smallest absolute Gasteiger partial charge is 0.234 e. The van der Waals surface area contributed by atoms with Crippen molar-refractivity contribution in [2.45, 2.75) is 33.2 Å². The number of carbonyl (C=O) groups excluding carboxylic acids is 1. The molecule has 0 aliphatic heterocycles. The minimum atomic E-state index is -0.123. The van der Waals surface area contributed by atoms with Crippen LogP contribution in [0.4, 0.5) is 11.9 Å². The summed E-state index contributed by atoms with van der Waals surface area (Å²) < 4.78 is 1.05. The van der Waals surface area contributed by atoms with Gasteiger partial charge in [0.2, 0.25) is 17.8 Å². The van der Waals surface area contributed by atoms with E-state index in [-0.39, 0.29) is 17.9 Å². The van der Waals surface area contributed by atoms with Crippen LogP contribution in [0.3, 0.4) is 0 Å². The van der Waals surface area contributed by atoms with Gasteiger partial charge in [-0.3, -0.25) is 10.1 Å². The van der Waals surface area contributed by atoms with E-state index >= 15 is 0 Å². The molecule has 0 aliphatic carbocycles. The van der Waals surface area contributed by atoms with Gasteiger partial charge in [-0.25, -0.2) is 0 Å². The van der Waals surface area contributed by atoms with Crippen LogP contribution in [0.25, 0.3) is 0 Å². The monoisotopic (exact) mass is 369 g/mol. The Hall–Kier alpha value is -1.54. The summed E-state index contributed by atoms with van der Waals surface area (Å²) in [4.78, 5) is 25.2. The quantitative estimate of drug-likeness (QED) is 0.842. The molecule has 1 amide bonds. The second-order valence-corrected chi connectivity index (χ2v) is 6.32. The molecule has 0 bridgehead atoms. The number of rotatable bonds is 5. The summed E-state index contributed by atoms with van der Waals surface area (Å²) in [5.41, 5.74) is 0. The number of carbonyl (C=O) groups is 1. The fourth-order valence-corrected chi connectivity index (χ4v) is 3.09. The maximum absolute atomic E-state index is 11.4. The molecule has 112 valence electrons. The highest BCUT2D eigenvalue weighted by molar-refractivity contribution is 9.10. The molecule has 2 N–H and O–H groups in total. The highest BCUT2D eigenvalue weighted by Gasteiger charge is 2.12. The van der Waals surface area contributed by atoms with Gasteiger partial charge in [0.1, 0.15) is 5.82 Å². The maximum Gasteiger partial charge on any atom is 0.234 e. The average Bonchev–Trinajstić information content (AvgIpc) is 2.84. The molecule has 0 aliphatic rings. The minimum absolute atomic E-state index is 0.0674. The van der Waals surface area contributed by atoms with E-state index in [4.69, 9.17) is 0 Å². The molecule has 2 aromatic heterocycles. The van der Waals surface area contributed by atoms with Crippen LogP contribution in [0.1, 0.15) is 37.0 Å². The first-order valence-corrected chi connectivity index (χ1v) is 8.18. The summed E-state index contributed by atoms with van der Waals surface area (Å²) >= 11 is 5.09. The largest absolute Gasteiger partial charge is 0.347 e. The van der Waals surface area contributed by atoms with E-state index in [1.54, 1.807) is 25.2 Å². The van der Waals surface area contributed by atoms with Crippen LogP contribution in [0.2, 0.25) is 0 Å². The van der Waals surface area contributed by atoms with Crippen LogP contribution in [-0.2, 0) is 4.79 Å². The Labute approximate surface area is 135 Å². The van der Waals surface area contributed by atoms with E-state index in [1.807, 2.05) is 12.3 Å². The molecule has 21 heavy (non-hydrogen) atoms. The maximum atomic E-state index is 11.4. The summed E-state index contributed by atoms with van der Waals surface area (Å²) in [5.74, 6) is 1.16. The van der Waals surface area contributed by atoms with Gasteiger partial charge in [0.25, 0.3) is 0 Å². The summed E-state index contributed by atoms with van der Waals surface area (Å²) in [6, 6.07) is 2.12. The zero-order chi connectivity index (χ0) is 15.4. The third-order valence-electron chi connectivity index (χ3n) is 2.68. The minimum Gasteiger partial charge on any atom is -0.347 e. The second-order valence-electron chi connectivity index (χ2n) is 4.46. The van der Waals surface area contributed by atoms with E-state index < -0.39 is 0 Å². The molecular weight excluding hydrogens is 354 g/mol. The SMILES string of the molecule is CCC(=O)Nc1nc(C)nc(NC(C)c2cc(Br)cs2)n1. The Balaban J connectivity index is 2.14. The van der Waals surface area contributed by atoms with Crippen LogP contribution in [0.15, 0.2) is 15.9 Å². The molecule has 1 atom stereocenters. The average molecular weight is 370 g/mol. The number of thiophene rings is 1. The van der Waals surface area contributed by atoms with E-state index in [0.29, 0.717) is 18.2 Å². The number of halogens is 1. The van der Waals surface area contributed by atoms with Gasteiger partial charge in [0.15, 0.2) is 0 Å². The number of nitrogens with one attached hydrogen (secondary N) is 2. The number of aromatic nitrogens is 3. The van der Waals surface area contributed by atoms with Crippen molar-refractivity contribution in [2.24, 2.45) is 0 Å². The first kappa shape index (κ1) is 15.8. The molecule has 1 unspecified atom stereocenters. The lowest BCUT2D eigenvalue weighted by Gasteiger charge is -2.13. The first-order chi connectivity index (χ1) is 9.97. The molecule has 2 aromatic rings. The van der Waals surface area contributed by atoms with Gasteiger partial charge in [0, 0.05) is 21.2 Å². The number of amides is 1. The van der Waals surface area contributed by atoms with Gasteiger partial charge in [0.05, 0.1) is 6.04 Å². The van der Waals surface area contributed by atoms with Gasteiger partial charge in [-0.15, -0.1) is 11.3 Å². The molecule has 2 heterocycles. The van der Waals surface area contributed by atoms with Crippen molar-refractivity contribution in [1.82, 2.24) is 15.0 Å². The molecule has 0 saturated carbocycles. The van der Waals surface area contributed by atoms with Gasteiger partial charge >= 0.3 is 0 Å². The van der Waals surface area contributed by atoms with Crippen molar-refractivity contribution in [1.29, 1.82) is 0 Å². The molecule has 8 heteroatoms. The predicted octanol–water partition coefficient (Wildman–Crippen LogP) is 3.53. The molecule has 0 aromatic carbocycles. The Bertz CT molecular complexity index is 645. The molecule has 2 rings (SSSR count). The Morgan fingerprint density at radius 2 is 2.10 bits per heavy atom. The highest BCUT2D eigenvalue weighted by atomic mass is 79.9. The van der Waals surface area contributed by atoms with Gasteiger partial charge < -0.3 is 5.32 Å². The third kappa shape index (κ3) is 4.47. The molecule has 0 saturated heterocycles. The molecule has 0 spiro atoms. The Morgan fingerprint density at radius 3 is 2.71 bits per heavy atom. The zero-order valence-electron chi connectivity index (χ0n) is 12.0. The van der Waals surface area contributed by atoms with Gasteiger partial charge in [-0.2, -0.15) is 15.0 Å². The molecular formula is C13H16BrN5OS. The fourth-order valence-electron chi connectivity index (χ4n) is 1.64. The number of anilines is 2. The summed E-state index contributed by atoms with van der Waals surface area (Å²) in [6.45, 7) is 5.57. The lowest BCUT2D eigenvalue weighted by Crippen LogP contribution is -2.16. The number of nitrogens with zero attached hydrogens (tertiary/aromatic N) is 3. The lowest BCUT2D eigenvalue weighted by atomic mass is 10.3. The van der Waals surface area contributed by atoms with Crippen molar-refractivity contribution in [3.63, 3.8) is 0 Å². The first-order valence-electron chi connectivity index (χ1n) is 6.51. The summed E-state index contributed by atoms with van der Waals surface area (Å²) in [6.07, 6.45) is 0.382. The van der Waals surface area contributed by atoms with Crippen LogP contribution in [-0.4, -0.2) is 20.9 Å². The highest BCUT2D eigenvalue weighted by Crippen LogP contribution is 2.27. The van der Waals surface area contributed by atoms with Gasteiger partial charge in [-0.1, -0.05) is 6.92 Å². The number of aryl methyl sites for hydroxylation is 1. The molecule has 0 fully saturated rings. The molecule has 6 nitrogen and oxygen atoms in total. The van der Waals surface area contributed by atoms with E-state index in [9.17, 15) is 4.79 Å². The van der Waals surface area contributed by atoms with E-state index in [1.165, 1.54) is 4.88 Å². The van der Waals surface area contributed by atoms with Crippen molar-refractivity contribution in [2.75, 3.05) is 10.6 Å². The van der Waals surface area contributed by atoms with Crippen molar-refractivity contribution in [3.8, 4) is 0 Å². The Kier molecular flexibility index (Phi) is 5.24. The standard InChI is InChI=1S/C13H16BrN5OS/c1-4-11(20)18-13-17-8(3)16-12(19-13)15-7(2)10-5-9(14)6-21-10/h5-7H,4H2,1-3H3,(H2,15,16,17,18,19,20). The molecule has 0 radical (unpaired) electrons. The summed E-state index contributed by atoms with van der Waals surface area (Å²) in [5, 5.41) is 7.89. The van der Waals surface area contributed by atoms with Crippen molar-refractivity contribution < 1.29 is 4.79 Å². The predicted molar refractivity (Wildman–Crippen MR) is 87.5 cm³/mol. The number of hydrogen-bond acceptors (Lipinski definition) is 6. The van der Waals surface area contributed by atoms with Crippen LogP contribution in [0.5, 0.6) is 0 Å². The van der Waals surface area contributed by atoms with Crippen LogP contribution < -0.4 is 10.6 Å². The van der Waals surface area contributed by atoms with E-state index in [0.717, 1.165) is 4.47 Å². The van der Waals surface area contributed by atoms with Crippen molar-refractivity contribution in [3.05, 3.63) is 26.6 Å². The normalized spacial score (nSPS) is 12.0. The fraction of sp³-hybridized carbons (Fsp3) is 0.385. The number of hydrogen-bond donors (Lipinski definition) is 2. The third-order valence-corrected chi connectivity index (χ3v) is 4.56. The lowest BCUT2D eigenvalue weighted by molar-refractivity contribution is -0.115. The van der Waals surface area contributed by atoms with E-state index in [2.05, 4.69) is 47.6 Å². The Morgan fingerprint density at radius 1 is 1.38 bits per heavy atom. The summed E-state index contributed by atoms with van der Waals surface area (Å²) in [7, 11) is 0. The van der Waals surface area contributed by atoms with Gasteiger partial charge in [-0.05, 0) is 35.8 Å². The second kappa shape index (κ2) is 6.95. The van der Waals surface area contributed by atoms with Crippen LogP contribution in [0, 0.1) is 6.92 Å². The zero-order valence-corrected chi connectivity index (χ0v) is 14.4. The van der Waals surface area contributed by atoms with Crippen LogP contribution >= 0.6 is 27.3 Å². The van der Waals surface area contributed by atoms with Crippen molar-refractivity contribution >= 4 is 45.1 Å². The topological polar surface area (TPSA) is 79.8 Å².